The first-order chi connectivity index (χ1) is 32.6. The summed E-state index contributed by atoms with van der Waals surface area (Å²) >= 11 is 0. The summed E-state index contributed by atoms with van der Waals surface area (Å²) in [5.41, 5.74) is 12.8. The normalized spacial score (nSPS) is 20.1. The van der Waals surface area contributed by atoms with Crippen molar-refractivity contribution in [3.8, 4) is 11.5 Å². The Bertz CT molecular complexity index is 2250. The summed E-state index contributed by atoms with van der Waals surface area (Å²) in [4.78, 5) is 53.7. The fourth-order valence-electron chi connectivity index (χ4n) is 8.64. The predicted octanol–water partition coefficient (Wildman–Crippen LogP) is 8.91. The van der Waals surface area contributed by atoms with Gasteiger partial charge in [0.05, 0.1) is 24.0 Å². The maximum Gasteiger partial charge on any atom is 0.522 e. The van der Waals surface area contributed by atoms with Crippen LogP contribution in [-0.2, 0) is 41.5 Å². The van der Waals surface area contributed by atoms with Crippen molar-refractivity contribution in [2.75, 3.05) is 11.5 Å². The molecule has 0 bridgehead atoms. The number of nitrogen functional groups attached to an aromatic ring is 2. The highest BCUT2D eigenvalue weighted by atomic mass is 19.4. The third-order valence-corrected chi connectivity index (χ3v) is 12.3. The average molecular weight is 967 g/mol. The van der Waals surface area contributed by atoms with E-state index < -0.39 is 77.9 Å². The molecule has 0 heterocycles. The van der Waals surface area contributed by atoms with Gasteiger partial charge in [-0.3, -0.25) is 28.7 Å². The summed E-state index contributed by atoms with van der Waals surface area (Å²) in [6.07, 6.45) is -10.1. The number of esters is 2. The summed E-state index contributed by atoms with van der Waals surface area (Å²) in [5.74, 6) is -3.80. The summed E-state index contributed by atoms with van der Waals surface area (Å²) < 4.78 is 94.8. The van der Waals surface area contributed by atoms with Crippen LogP contribution in [0.5, 0.6) is 11.5 Å². The molecule has 2 atom stereocenters. The number of aliphatic hydroxyl groups excluding tert-OH is 2. The highest BCUT2D eigenvalue weighted by Gasteiger charge is 2.49. The Morgan fingerprint density at radius 1 is 0.522 bits per heavy atom. The largest absolute Gasteiger partial charge is 0.522 e. The number of halogens is 6. The van der Waals surface area contributed by atoms with E-state index in [1.54, 1.807) is 48.5 Å². The fourth-order valence-corrected chi connectivity index (χ4v) is 8.64. The molecule has 0 aromatic heterocycles. The second-order valence-corrected chi connectivity index (χ2v) is 17.4. The number of nitrogens with two attached hydrogens (primary N) is 2. The highest BCUT2D eigenvalue weighted by Crippen LogP contribution is 2.39. The zero-order valence-corrected chi connectivity index (χ0v) is 37.2. The molecule has 0 radical (unpaired) electrons. The van der Waals surface area contributed by atoms with Crippen LogP contribution in [0.2, 0.25) is 0 Å². The molecule has 4 aromatic carbocycles. The van der Waals surface area contributed by atoms with Gasteiger partial charge >= 0.3 is 24.7 Å². The van der Waals surface area contributed by atoms with Gasteiger partial charge in [-0.05, 0) is 147 Å². The molecule has 0 spiro atoms. The van der Waals surface area contributed by atoms with Crippen molar-refractivity contribution in [1.82, 2.24) is 0 Å². The lowest BCUT2D eigenvalue weighted by Gasteiger charge is -2.40. The molecule has 6 N–H and O–H groups in total. The molecule has 0 saturated heterocycles. The van der Waals surface area contributed by atoms with E-state index in [0.29, 0.717) is 33.6 Å². The van der Waals surface area contributed by atoms with Crippen molar-refractivity contribution >= 4 is 47.0 Å². The van der Waals surface area contributed by atoms with Gasteiger partial charge in [-0.2, -0.15) is 0 Å². The lowest BCUT2D eigenvalue weighted by atomic mass is 9.66. The number of ketones is 2. The Labute approximate surface area is 393 Å². The molecular formula is C51H52F6N2O10. The predicted molar refractivity (Wildman–Crippen MR) is 242 cm³/mol. The van der Waals surface area contributed by atoms with E-state index in [1.807, 2.05) is 0 Å². The zero-order chi connectivity index (χ0) is 49.9. The smallest absolute Gasteiger partial charge is 0.426 e. The van der Waals surface area contributed by atoms with E-state index in [4.69, 9.17) is 20.9 Å². The summed E-state index contributed by atoms with van der Waals surface area (Å²) in [6, 6.07) is 25.0. The quantitative estimate of drug-likeness (QED) is 0.0243. The number of hydrogen-bond donors (Lipinski definition) is 4. The summed E-state index contributed by atoms with van der Waals surface area (Å²) in [6.45, 7) is 0. The number of carbonyl (C=O) groups excluding carboxylic acids is 4. The first-order valence-corrected chi connectivity index (χ1v) is 22.3. The minimum absolute atomic E-state index is 0.0490. The van der Waals surface area contributed by atoms with Gasteiger partial charge in [-0.25, -0.2) is 0 Å². The van der Waals surface area contributed by atoms with Crippen LogP contribution in [0, 0.1) is 17.3 Å². The first-order valence-electron chi connectivity index (χ1n) is 22.3. The number of hydrogen-bond acceptors (Lipinski definition) is 12. The molecule has 2 unspecified atom stereocenters. The van der Waals surface area contributed by atoms with Crippen molar-refractivity contribution in [3.63, 3.8) is 0 Å². The maximum atomic E-state index is 14.1. The number of benzene rings is 4. The molecule has 18 heteroatoms. The molecule has 2 aliphatic rings. The van der Waals surface area contributed by atoms with Gasteiger partial charge in [-0.1, -0.05) is 60.7 Å². The van der Waals surface area contributed by atoms with Gasteiger partial charge in [0.2, 0.25) is 0 Å². The van der Waals surface area contributed by atoms with Crippen LogP contribution in [0.25, 0.3) is 12.2 Å². The van der Waals surface area contributed by atoms with Gasteiger partial charge in [0.1, 0.15) is 23.7 Å². The van der Waals surface area contributed by atoms with E-state index in [9.17, 15) is 55.7 Å². The van der Waals surface area contributed by atoms with E-state index in [0.717, 1.165) is 12.2 Å². The summed E-state index contributed by atoms with van der Waals surface area (Å²) in [7, 11) is 0. The fraction of sp³-hybridized carbons (Fsp3) is 0.373. The molecule has 0 aliphatic heterocycles. The minimum atomic E-state index is -4.76. The van der Waals surface area contributed by atoms with Crippen molar-refractivity contribution < 1.29 is 74.7 Å². The number of alkyl halides is 6. The second-order valence-electron chi connectivity index (χ2n) is 17.4. The van der Waals surface area contributed by atoms with E-state index in [1.165, 1.54) is 60.7 Å². The van der Waals surface area contributed by atoms with Crippen molar-refractivity contribution in [1.29, 1.82) is 0 Å². The molecule has 69 heavy (non-hydrogen) atoms. The molecule has 6 rings (SSSR count). The number of carbonyl (C=O) groups is 4. The number of aliphatic hydroxyl groups is 2. The van der Waals surface area contributed by atoms with Gasteiger partial charge in [0.15, 0.2) is 11.6 Å². The van der Waals surface area contributed by atoms with Crippen LogP contribution in [0.3, 0.4) is 0 Å². The van der Waals surface area contributed by atoms with Gasteiger partial charge in [0.25, 0.3) is 0 Å². The van der Waals surface area contributed by atoms with Crippen LogP contribution in [0.4, 0.5) is 37.7 Å². The molecule has 4 aromatic rings. The third-order valence-electron chi connectivity index (χ3n) is 12.3. The number of rotatable bonds is 18. The van der Waals surface area contributed by atoms with E-state index in [2.05, 4.69) is 9.47 Å². The SMILES string of the molecule is Nc1ccc(CC(Cc2ccc(N)cc2)(C(O)C(=O)/C=C/c2ccc(OC(=O)C3CCC(OC(F)(F)F)CC3)cc2)C(O)C(=O)/C=C/c2ccc(OC(=O)C3CCC(OC(F)(F)F)CC3)cc2)cc1. The van der Waals surface area contributed by atoms with Gasteiger partial charge in [-0.15, -0.1) is 26.3 Å². The molecule has 368 valence electrons. The lowest BCUT2D eigenvalue weighted by molar-refractivity contribution is -0.346. The Morgan fingerprint density at radius 3 is 1.14 bits per heavy atom. The average Bonchev–Trinajstić information content (AvgIpc) is 3.31. The van der Waals surface area contributed by atoms with Crippen LogP contribution in [0.1, 0.15) is 73.6 Å². The van der Waals surface area contributed by atoms with Gasteiger partial charge in [0, 0.05) is 16.8 Å². The topological polar surface area (TPSA) is 198 Å². The molecule has 2 saturated carbocycles. The van der Waals surface area contributed by atoms with Crippen LogP contribution in [-0.4, -0.2) is 70.9 Å². The standard InChI is InChI=1S/C51H52F6N2O10/c52-50(53,54)68-41-23-11-35(12-24-41)47(64)66-39-19-5-31(6-20-39)9-27-43(60)45(62)49(29-33-1-15-37(58)16-2-33,30-34-3-17-38(59)18-4-34)46(63)44(61)28-10-32-7-21-40(22-8-32)67-48(65)36-13-25-42(26-14-36)69-51(55,56)57/h1-10,15-22,27-28,35-36,41-42,45-46,62-63H,11-14,23-26,29-30,58-59H2/b27-9+,28-10+. The molecule has 0 amide bonds. The van der Waals surface area contributed by atoms with E-state index in [-0.39, 0.29) is 75.7 Å². The second kappa shape index (κ2) is 22.8. The van der Waals surface area contributed by atoms with Crippen molar-refractivity contribution in [3.05, 3.63) is 131 Å². The zero-order valence-electron chi connectivity index (χ0n) is 37.2. The Hall–Kier alpha value is -6.34. The molecular weight excluding hydrogens is 915 g/mol. The van der Waals surface area contributed by atoms with Gasteiger partial charge < -0.3 is 31.2 Å². The molecule has 2 aliphatic carbocycles. The number of anilines is 2. The highest BCUT2D eigenvalue weighted by molar-refractivity contribution is 6.01. The Balaban J connectivity index is 1.16. The van der Waals surface area contributed by atoms with Crippen molar-refractivity contribution in [2.45, 2.75) is 101 Å². The Morgan fingerprint density at radius 2 is 0.841 bits per heavy atom. The lowest BCUT2D eigenvalue weighted by Crippen LogP contribution is -2.54. The van der Waals surface area contributed by atoms with Crippen LogP contribution < -0.4 is 20.9 Å². The Kier molecular flexibility index (Phi) is 17.2. The summed E-state index contributed by atoms with van der Waals surface area (Å²) in [5, 5.41) is 24.3. The monoisotopic (exact) mass is 966 g/mol. The first kappa shape index (κ1) is 52.0. The minimum Gasteiger partial charge on any atom is -0.426 e. The third kappa shape index (κ3) is 15.3. The van der Waals surface area contributed by atoms with Crippen LogP contribution in [0.15, 0.2) is 109 Å². The maximum absolute atomic E-state index is 14.1. The van der Waals surface area contributed by atoms with Crippen LogP contribution >= 0.6 is 0 Å². The molecule has 2 fully saturated rings. The number of ether oxygens (including phenoxy) is 4. The van der Waals surface area contributed by atoms with E-state index >= 15 is 0 Å². The van der Waals surface area contributed by atoms with Crippen molar-refractivity contribution in [2.24, 2.45) is 17.3 Å². The molecule has 12 nitrogen and oxygen atoms in total.